The van der Waals surface area contributed by atoms with E-state index in [4.69, 9.17) is 11.6 Å². The van der Waals surface area contributed by atoms with Crippen LogP contribution in [0, 0.1) is 6.92 Å². The van der Waals surface area contributed by atoms with Crippen LogP contribution < -0.4 is 10.6 Å². The van der Waals surface area contributed by atoms with Crippen LogP contribution in [0.5, 0.6) is 0 Å². The monoisotopic (exact) mass is 498 g/mol. The van der Waals surface area contributed by atoms with Gasteiger partial charge in [0.1, 0.15) is 0 Å². The highest BCUT2D eigenvalue weighted by molar-refractivity contribution is 7.99. The van der Waals surface area contributed by atoms with Crippen molar-refractivity contribution in [3.8, 4) is 5.69 Å². The summed E-state index contributed by atoms with van der Waals surface area (Å²) in [5.41, 5.74) is 2.30. The average Bonchev–Trinajstić information content (AvgIpc) is 3.45. The second-order valence-corrected chi connectivity index (χ2v) is 9.21. The Kier molecular flexibility index (Phi) is 7.38. The molecule has 0 aliphatic heterocycles. The minimum Gasteiger partial charge on any atom is -0.345 e. The standard InChI is InChI=1S/C22H19ClN6O2S2/c1-14-4-2-5-15(10-14)20(31)25-12-18-27-28-22(29(18)17-7-3-6-16(23)11-17)33-13-19(30)26-21-24-8-9-32-21/h2-11H,12-13H2,1H3,(H,25,31)(H,24,26,30). The molecule has 8 nitrogen and oxygen atoms in total. The number of carbonyl (C=O) groups excluding carboxylic acids is 2. The Hall–Kier alpha value is -3.21. The first-order valence-corrected chi connectivity index (χ1v) is 12.1. The summed E-state index contributed by atoms with van der Waals surface area (Å²) in [6.45, 7) is 2.08. The molecule has 0 unspecified atom stereocenters. The summed E-state index contributed by atoms with van der Waals surface area (Å²) in [4.78, 5) is 28.9. The van der Waals surface area contributed by atoms with E-state index in [9.17, 15) is 9.59 Å². The van der Waals surface area contributed by atoms with Gasteiger partial charge < -0.3 is 10.6 Å². The second-order valence-electron chi connectivity index (χ2n) is 6.94. The van der Waals surface area contributed by atoms with Crippen LogP contribution in [-0.2, 0) is 11.3 Å². The molecule has 0 bridgehead atoms. The van der Waals surface area contributed by atoms with Gasteiger partial charge in [-0.15, -0.1) is 21.5 Å². The van der Waals surface area contributed by atoms with Gasteiger partial charge in [-0.05, 0) is 37.3 Å². The number of benzene rings is 2. The second kappa shape index (κ2) is 10.6. The maximum Gasteiger partial charge on any atom is 0.251 e. The predicted molar refractivity (Wildman–Crippen MR) is 130 cm³/mol. The van der Waals surface area contributed by atoms with E-state index in [0.29, 0.717) is 26.7 Å². The summed E-state index contributed by atoms with van der Waals surface area (Å²) in [5, 5.41) is 17.5. The highest BCUT2D eigenvalue weighted by Crippen LogP contribution is 2.24. The molecular formula is C22H19ClN6O2S2. The van der Waals surface area contributed by atoms with Crippen LogP contribution in [0.1, 0.15) is 21.7 Å². The van der Waals surface area contributed by atoms with Gasteiger partial charge in [-0.3, -0.25) is 14.2 Å². The van der Waals surface area contributed by atoms with Gasteiger partial charge in [-0.25, -0.2) is 4.98 Å². The fraction of sp³-hybridized carbons (Fsp3) is 0.136. The van der Waals surface area contributed by atoms with Gasteiger partial charge in [0.2, 0.25) is 5.91 Å². The number of carbonyl (C=O) groups is 2. The molecule has 33 heavy (non-hydrogen) atoms. The molecule has 0 atom stereocenters. The molecule has 0 spiro atoms. The van der Waals surface area contributed by atoms with Crippen LogP contribution in [0.25, 0.3) is 5.69 Å². The predicted octanol–water partition coefficient (Wildman–Crippen LogP) is 4.35. The molecule has 11 heteroatoms. The fourth-order valence-electron chi connectivity index (χ4n) is 3.00. The zero-order valence-corrected chi connectivity index (χ0v) is 19.9. The molecule has 2 aromatic carbocycles. The summed E-state index contributed by atoms with van der Waals surface area (Å²) in [7, 11) is 0. The van der Waals surface area contributed by atoms with Crippen molar-refractivity contribution < 1.29 is 9.59 Å². The Morgan fingerprint density at radius 2 is 2.00 bits per heavy atom. The van der Waals surface area contributed by atoms with Crippen molar-refractivity contribution in [2.75, 3.05) is 11.1 Å². The molecule has 0 saturated heterocycles. The topological polar surface area (TPSA) is 102 Å². The number of rotatable bonds is 8. The van der Waals surface area contributed by atoms with E-state index in [1.165, 1.54) is 23.1 Å². The lowest BCUT2D eigenvalue weighted by atomic mass is 10.1. The summed E-state index contributed by atoms with van der Waals surface area (Å²) in [5.74, 6) is 0.218. The van der Waals surface area contributed by atoms with E-state index in [0.717, 1.165) is 11.3 Å². The molecule has 4 aromatic rings. The number of hydrogen-bond donors (Lipinski definition) is 2. The van der Waals surface area contributed by atoms with E-state index >= 15 is 0 Å². The van der Waals surface area contributed by atoms with E-state index in [1.807, 2.05) is 37.3 Å². The van der Waals surface area contributed by atoms with Crippen LogP contribution in [0.3, 0.4) is 0 Å². The molecule has 168 valence electrons. The highest BCUT2D eigenvalue weighted by Gasteiger charge is 2.17. The quantitative estimate of drug-likeness (QED) is 0.350. The van der Waals surface area contributed by atoms with Gasteiger partial charge in [0.05, 0.1) is 18.0 Å². The third kappa shape index (κ3) is 5.98. The lowest BCUT2D eigenvalue weighted by molar-refractivity contribution is -0.113. The zero-order valence-electron chi connectivity index (χ0n) is 17.5. The van der Waals surface area contributed by atoms with Crippen LogP contribution in [0.15, 0.2) is 65.3 Å². The molecule has 2 amide bonds. The van der Waals surface area contributed by atoms with Gasteiger partial charge in [-0.2, -0.15) is 0 Å². The zero-order chi connectivity index (χ0) is 23.2. The van der Waals surface area contributed by atoms with Crippen LogP contribution in [-0.4, -0.2) is 37.3 Å². The Balaban J connectivity index is 1.52. The van der Waals surface area contributed by atoms with Crippen molar-refractivity contribution in [1.82, 2.24) is 25.1 Å². The summed E-state index contributed by atoms with van der Waals surface area (Å²) in [6.07, 6.45) is 1.63. The van der Waals surface area contributed by atoms with Crippen molar-refractivity contribution >= 4 is 51.6 Å². The van der Waals surface area contributed by atoms with Crippen LogP contribution in [0.4, 0.5) is 5.13 Å². The first-order chi connectivity index (χ1) is 16.0. The van der Waals surface area contributed by atoms with Crippen LogP contribution in [0.2, 0.25) is 5.02 Å². The van der Waals surface area contributed by atoms with E-state index in [-0.39, 0.29) is 24.1 Å². The molecule has 2 heterocycles. The molecule has 0 aliphatic carbocycles. The molecule has 0 radical (unpaired) electrons. The molecule has 2 N–H and O–H groups in total. The molecule has 2 aromatic heterocycles. The summed E-state index contributed by atoms with van der Waals surface area (Å²) >= 11 is 8.77. The lowest BCUT2D eigenvalue weighted by Gasteiger charge is -2.11. The van der Waals surface area contributed by atoms with Gasteiger partial charge >= 0.3 is 0 Å². The summed E-state index contributed by atoms with van der Waals surface area (Å²) < 4.78 is 1.78. The normalized spacial score (nSPS) is 10.7. The first kappa shape index (κ1) is 23.0. The lowest BCUT2D eigenvalue weighted by Crippen LogP contribution is -2.24. The molecule has 0 fully saturated rings. The minimum atomic E-state index is -0.212. The maximum absolute atomic E-state index is 12.6. The third-order valence-electron chi connectivity index (χ3n) is 4.47. The van der Waals surface area contributed by atoms with E-state index < -0.39 is 0 Å². The maximum atomic E-state index is 12.6. The van der Waals surface area contributed by atoms with Gasteiger partial charge in [0.15, 0.2) is 16.1 Å². The number of hydrogen-bond acceptors (Lipinski definition) is 7. The Morgan fingerprint density at radius 3 is 2.76 bits per heavy atom. The number of aryl methyl sites for hydroxylation is 1. The number of nitrogens with zero attached hydrogens (tertiary/aromatic N) is 4. The first-order valence-electron chi connectivity index (χ1n) is 9.87. The third-order valence-corrected chi connectivity index (χ3v) is 6.32. The number of thiazole rings is 1. The van der Waals surface area contributed by atoms with Crippen molar-refractivity contribution in [3.05, 3.63) is 82.1 Å². The van der Waals surface area contributed by atoms with Crippen molar-refractivity contribution in [3.63, 3.8) is 0 Å². The van der Waals surface area contributed by atoms with Crippen molar-refractivity contribution in [2.24, 2.45) is 0 Å². The summed E-state index contributed by atoms with van der Waals surface area (Å²) in [6, 6.07) is 14.6. The molecule has 4 rings (SSSR count). The number of thioether (sulfide) groups is 1. The highest BCUT2D eigenvalue weighted by atomic mass is 35.5. The smallest absolute Gasteiger partial charge is 0.251 e. The Morgan fingerprint density at radius 1 is 1.15 bits per heavy atom. The molecule has 0 aliphatic rings. The largest absolute Gasteiger partial charge is 0.345 e. The van der Waals surface area contributed by atoms with Crippen molar-refractivity contribution in [2.45, 2.75) is 18.6 Å². The Labute approximate surface area is 203 Å². The number of aromatic nitrogens is 4. The average molecular weight is 499 g/mol. The number of amides is 2. The van der Waals surface area contributed by atoms with E-state index in [1.54, 1.807) is 34.3 Å². The van der Waals surface area contributed by atoms with Gasteiger partial charge in [0, 0.05) is 22.2 Å². The van der Waals surface area contributed by atoms with Crippen LogP contribution >= 0.6 is 34.7 Å². The number of nitrogens with one attached hydrogen (secondary N) is 2. The van der Waals surface area contributed by atoms with Gasteiger partial charge in [-0.1, -0.05) is 47.1 Å². The number of halogens is 1. The number of anilines is 1. The van der Waals surface area contributed by atoms with E-state index in [2.05, 4.69) is 25.8 Å². The molecule has 0 saturated carbocycles. The van der Waals surface area contributed by atoms with Crippen molar-refractivity contribution in [1.29, 1.82) is 0 Å². The van der Waals surface area contributed by atoms with Gasteiger partial charge in [0.25, 0.3) is 5.91 Å². The Bertz CT molecular complexity index is 1280. The molecular weight excluding hydrogens is 480 g/mol. The fourth-order valence-corrected chi connectivity index (χ4v) is 4.50. The minimum absolute atomic E-state index is 0.119. The SMILES string of the molecule is Cc1cccc(C(=O)NCc2nnc(SCC(=O)Nc3nccs3)n2-c2cccc(Cl)c2)c1.